The summed E-state index contributed by atoms with van der Waals surface area (Å²) in [5.74, 6) is 0.698. The molecule has 0 radical (unpaired) electrons. The maximum absolute atomic E-state index is 2.50. The average Bonchev–Trinajstić information content (AvgIpc) is 2.17. The van der Waals surface area contributed by atoms with Crippen LogP contribution >= 0.6 is 0 Å². The standard InChI is InChI=1S/C21H45N/c1-13-22(12)14-17(20(8,9)15-18(2,3)4)21(10,11)16-19(5,6)7/h17H,13-16H2,1-12H3. The van der Waals surface area contributed by atoms with E-state index in [1.807, 2.05) is 0 Å². The van der Waals surface area contributed by atoms with Gasteiger partial charge in [-0.05, 0) is 54.0 Å². The lowest BCUT2D eigenvalue weighted by Crippen LogP contribution is -2.46. The summed E-state index contributed by atoms with van der Waals surface area (Å²) in [7, 11) is 2.27. The van der Waals surface area contributed by atoms with Gasteiger partial charge in [0.15, 0.2) is 0 Å². The van der Waals surface area contributed by atoms with Crippen molar-refractivity contribution < 1.29 is 0 Å². The Labute approximate surface area is 142 Å². The molecule has 0 aliphatic carbocycles. The van der Waals surface area contributed by atoms with Gasteiger partial charge in [-0.1, -0.05) is 76.2 Å². The molecule has 0 heterocycles. The Morgan fingerprint density at radius 3 is 1.23 bits per heavy atom. The minimum absolute atomic E-state index is 0.344. The molecule has 0 saturated carbocycles. The van der Waals surface area contributed by atoms with Crippen LogP contribution in [0, 0.1) is 27.6 Å². The molecule has 0 fully saturated rings. The maximum Gasteiger partial charge on any atom is 0.00167 e. The Kier molecular flexibility index (Phi) is 7.23. The minimum Gasteiger partial charge on any atom is -0.306 e. The number of hydrogen-bond donors (Lipinski definition) is 0. The summed E-state index contributed by atoms with van der Waals surface area (Å²) in [4.78, 5) is 2.50. The van der Waals surface area contributed by atoms with Crippen LogP contribution in [-0.2, 0) is 0 Å². The van der Waals surface area contributed by atoms with E-state index in [1.54, 1.807) is 0 Å². The van der Waals surface area contributed by atoms with Gasteiger partial charge in [0.05, 0.1) is 0 Å². The SMILES string of the molecule is CCN(C)CC(C(C)(C)CC(C)(C)C)C(C)(C)CC(C)(C)C. The van der Waals surface area contributed by atoms with E-state index in [2.05, 4.69) is 88.1 Å². The highest BCUT2D eigenvalue weighted by Gasteiger charge is 2.43. The molecule has 0 saturated heterocycles. The zero-order chi connectivity index (χ0) is 18.0. The molecule has 0 aromatic rings. The lowest BCUT2D eigenvalue weighted by Gasteiger charge is -2.50. The summed E-state index contributed by atoms with van der Waals surface area (Å²) in [5, 5.41) is 0. The van der Waals surface area contributed by atoms with Crippen LogP contribution in [0.3, 0.4) is 0 Å². The fourth-order valence-electron chi connectivity index (χ4n) is 4.97. The molecule has 0 amide bonds. The highest BCUT2D eigenvalue weighted by atomic mass is 15.1. The van der Waals surface area contributed by atoms with Gasteiger partial charge in [0, 0.05) is 6.54 Å². The Balaban J connectivity index is 5.53. The van der Waals surface area contributed by atoms with Crippen LogP contribution in [0.25, 0.3) is 0 Å². The van der Waals surface area contributed by atoms with E-state index in [4.69, 9.17) is 0 Å². The van der Waals surface area contributed by atoms with Crippen LogP contribution in [0.5, 0.6) is 0 Å². The molecular formula is C21H45N. The van der Waals surface area contributed by atoms with Gasteiger partial charge in [0.1, 0.15) is 0 Å². The fraction of sp³-hybridized carbons (Fsp3) is 1.00. The van der Waals surface area contributed by atoms with Crippen molar-refractivity contribution in [2.75, 3.05) is 20.1 Å². The van der Waals surface area contributed by atoms with E-state index in [0.717, 1.165) is 6.54 Å². The van der Waals surface area contributed by atoms with Crippen LogP contribution in [0.2, 0.25) is 0 Å². The van der Waals surface area contributed by atoms with Crippen molar-refractivity contribution >= 4 is 0 Å². The lowest BCUT2D eigenvalue weighted by atomic mass is 9.57. The van der Waals surface area contributed by atoms with E-state index in [9.17, 15) is 0 Å². The van der Waals surface area contributed by atoms with Crippen LogP contribution in [0.4, 0.5) is 0 Å². The molecule has 0 aromatic heterocycles. The van der Waals surface area contributed by atoms with E-state index in [0.29, 0.717) is 27.6 Å². The van der Waals surface area contributed by atoms with Gasteiger partial charge < -0.3 is 4.90 Å². The first-order chi connectivity index (χ1) is 9.50. The van der Waals surface area contributed by atoms with Gasteiger partial charge in [0.2, 0.25) is 0 Å². The van der Waals surface area contributed by atoms with Crippen molar-refractivity contribution in [1.29, 1.82) is 0 Å². The minimum atomic E-state index is 0.344. The number of hydrogen-bond acceptors (Lipinski definition) is 1. The summed E-state index contributed by atoms with van der Waals surface area (Å²) in [5.41, 5.74) is 1.45. The molecule has 1 nitrogen and oxygen atoms in total. The van der Waals surface area contributed by atoms with E-state index in [-0.39, 0.29) is 0 Å². The van der Waals surface area contributed by atoms with Crippen molar-refractivity contribution in [1.82, 2.24) is 4.90 Å². The predicted octanol–water partition coefficient (Wildman–Crippen LogP) is 6.48. The number of rotatable bonds is 7. The third-order valence-corrected chi connectivity index (χ3v) is 4.89. The summed E-state index contributed by atoms with van der Waals surface area (Å²) in [6, 6.07) is 0. The molecule has 0 aromatic carbocycles. The maximum atomic E-state index is 2.50. The molecule has 22 heavy (non-hydrogen) atoms. The second-order valence-electron chi connectivity index (χ2n) is 11.4. The fourth-order valence-corrected chi connectivity index (χ4v) is 4.97. The molecule has 0 atom stereocenters. The van der Waals surface area contributed by atoms with Crippen LogP contribution < -0.4 is 0 Å². The Morgan fingerprint density at radius 1 is 0.682 bits per heavy atom. The van der Waals surface area contributed by atoms with Crippen LogP contribution in [-0.4, -0.2) is 25.0 Å². The largest absolute Gasteiger partial charge is 0.306 e. The summed E-state index contributed by atoms with van der Waals surface area (Å²) in [6.45, 7) is 28.9. The average molecular weight is 312 g/mol. The molecule has 0 aliphatic heterocycles. The molecule has 0 N–H and O–H groups in total. The van der Waals surface area contributed by atoms with E-state index in [1.165, 1.54) is 19.4 Å². The van der Waals surface area contributed by atoms with Crippen molar-refractivity contribution in [3.05, 3.63) is 0 Å². The van der Waals surface area contributed by atoms with Gasteiger partial charge in [0.25, 0.3) is 0 Å². The van der Waals surface area contributed by atoms with Gasteiger partial charge in [-0.25, -0.2) is 0 Å². The first-order valence-corrected chi connectivity index (χ1v) is 9.19. The molecule has 0 spiro atoms. The zero-order valence-corrected chi connectivity index (χ0v) is 17.9. The van der Waals surface area contributed by atoms with E-state index < -0.39 is 0 Å². The molecular weight excluding hydrogens is 266 g/mol. The normalized spacial score (nSPS) is 15.0. The molecule has 0 aliphatic rings. The molecule has 134 valence electrons. The molecule has 1 heteroatoms. The Hall–Kier alpha value is -0.0400. The first-order valence-electron chi connectivity index (χ1n) is 9.19. The van der Waals surface area contributed by atoms with Crippen molar-refractivity contribution in [3.8, 4) is 0 Å². The second kappa shape index (κ2) is 7.24. The Morgan fingerprint density at radius 2 is 1.00 bits per heavy atom. The number of nitrogens with zero attached hydrogens (tertiary/aromatic N) is 1. The smallest absolute Gasteiger partial charge is 0.00167 e. The predicted molar refractivity (Wildman–Crippen MR) is 102 cm³/mol. The summed E-state index contributed by atoms with van der Waals surface area (Å²) < 4.78 is 0. The summed E-state index contributed by atoms with van der Waals surface area (Å²) >= 11 is 0. The first kappa shape index (κ1) is 22.0. The van der Waals surface area contributed by atoms with Crippen molar-refractivity contribution in [2.45, 2.75) is 89.0 Å². The molecule has 0 bridgehead atoms. The van der Waals surface area contributed by atoms with Crippen molar-refractivity contribution in [2.24, 2.45) is 27.6 Å². The van der Waals surface area contributed by atoms with Gasteiger partial charge in [-0.15, -0.1) is 0 Å². The topological polar surface area (TPSA) is 3.24 Å². The van der Waals surface area contributed by atoms with Crippen molar-refractivity contribution in [3.63, 3.8) is 0 Å². The van der Waals surface area contributed by atoms with E-state index >= 15 is 0 Å². The molecule has 0 unspecified atom stereocenters. The third-order valence-electron chi connectivity index (χ3n) is 4.89. The quantitative estimate of drug-likeness (QED) is 0.520. The highest BCUT2D eigenvalue weighted by molar-refractivity contribution is 4.94. The van der Waals surface area contributed by atoms with Crippen LogP contribution in [0.1, 0.15) is 89.0 Å². The van der Waals surface area contributed by atoms with Gasteiger partial charge in [-0.2, -0.15) is 0 Å². The second-order valence-corrected chi connectivity index (χ2v) is 11.4. The lowest BCUT2D eigenvalue weighted by molar-refractivity contribution is -0.00550. The highest BCUT2D eigenvalue weighted by Crippen LogP contribution is 2.50. The monoisotopic (exact) mass is 311 g/mol. The Bertz CT molecular complexity index is 297. The molecule has 0 rings (SSSR count). The summed E-state index contributed by atoms with van der Waals surface area (Å²) in [6.07, 6.45) is 2.55. The zero-order valence-electron chi connectivity index (χ0n) is 17.9. The van der Waals surface area contributed by atoms with Gasteiger partial charge >= 0.3 is 0 Å². The third kappa shape index (κ3) is 7.99. The van der Waals surface area contributed by atoms with Gasteiger partial charge in [-0.3, -0.25) is 0 Å². The van der Waals surface area contributed by atoms with Crippen LogP contribution in [0.15, 0.2) is 0 Å².